The Morgan fingerprint density at radius 2 is 2.00 bits per heavy atom. The van der Waals surface area contributed by atoms with E-state index in [1.54, 1.807) is 38.1 Å². The number of carbonyl (C=O) groups is 3. The van der Waals surface area contributed by atoms with E-state index in [4.69, 9.17) is 17.0 Å². The molecule has 1 atom stereocenters. The Bertz CT molecular complexity index is 777. The highest BCUT2D eigenvalue weighted by atomic mass is 32.1. The number of nitrogens with one attached hydrogen (secondary N) is 2. The van der Waals surface area contributed by atoms with Crippen LogP contribution in [-0.4, -0.2) is 51.0 Å². The zero-order valence-electron chi connectivity index (χ0n) is 14.7. The van der Waals surface area contributed by atoms with Gasteiger partial charge in [0.25, 0.3) is 0 Å². The molecule has 2 saturated heterocycles. The molecule has 0 aliphatic carbocycles. The third kappa shape index (κ3) is 3.04. The van der Waals surface area contributed by atoms with Crippen molar-refractivity contribution in [2.75, 3.05) is 11.9 Å². The standard InChI is InChI=1S/C17H20N4O4S/c1-4-25-11-7-5-10(6-8-11)18-14(23)12-9-13(22)20-16(26)19-15(24)17(2,3)21(12)20/h5-8,12H,4,9H2,1-3H3,(H,18,23)(H,19,24,26)/t12-/m1/s1. The van der Waals surface area contributed by atoms with E-state index < -0.39 is 11.6 Å². The number of hydrogen-bond acceptors (Lipinski definition) is 6. The van der Waals surface area contributed by atoms with Crippen molar-refractivity contribution in [2.45, 2.75) is 38.8 Å². The maximum Gasteiger partial charge on any atom is 0.248 e. The number of benzene rings is 1. The number of anilines is 1. The summed E-state index contributed by atoms with van der Waals surface area (Å²) in [7, 11) is 0. The summed E-state index contributed by atoms with van der Waals surface area (Å²) in [5.74, 6) is -0.357. The molecule has 2 aliphatic rings. The summed E-state index contributed by atoms with van der Waals surface area (Å²) in [5.41, 5.74) is -0.513. The highest BCUT2D eigenvalue weighted by Crippen LogP contribution is 2.33. The number of carbonyl (C=O) groups excluding carboxylic acids is 3. The van der Waals surface area contributed by atoms with Crippen molar-refractivity contribution < 1.29 is 19.1 Å². The molecule has 0 saturated carbocycles. The highest BCUT2D eigenvalue weighted by molar-refractivity contribution is 7.80. The topological polar surface area (TPSA) is 91.0 Å². The minimum Gasteiger partial charge on any atom is -0.494 e. The summed E-state index contributed by atoms with van der Waals surface area (Å²) in [5, 5.41) is 7.96. The van der Waals surface area contributed by atoms with Crippen LogP contribution >= 0.6 is 12.2 Å². The number of fused-ring (bicyclic) bond motifs is 1. The number of thiocarbonyl (C=S) groups is 1. The van der Waals surface area contributed by atoms with Crippen LogP contribution in [0.15, 0.2) is 24.3 Å². The average Bonchev–Trinajstić information content (AvgIpc) is 2.94. The van der Waals surface area contributed by atoms with E-state index in [1.807, 2.05) is 6.92 Å². The monoisotopic (exact) mass is 376 g/mol. The van der Waals surface area contributed by atoms with Crippen molar-refractivity contribution >= 4 is 40.7 Å². The number of hydrazine groups is 1. The van der Waals surface area contributed by atoms with E-state index in [0.29, 0.717) is 18.0 Å². The van der Waals surface area contributed by atoms with E-state index in [2.05, 4.69) is 10.6 Å². The molecule has 8 nitrogen and oxygen atoms in total. The van der Waals surface area contributed by atoms with Crippen LogP contribution in [0.3, 0.4) is 0 Å². The maximum atomic E-state index is 12.8. The van der Waals surface area contributed by atoms with Gasteiger partial charge in [-0.15, -0.1) is 0 Å². The molecule has 1 aromatic carbocycles. The van der Waals surface area contributed by atoms with Crippen LogP contribution in [-0.2, 0) is 14.4 Å². The lowest BCUT2D eigenvalue weighted by molar-refractivity contribution is -0.154. The van der Waals surface area contributed by atoms with Crippen LogP contribution in [0.25, 0.3) is 0 Å². The fraction of sp³-hybridized carbons (Fsp3) is 0.412. The van der Waals surface area contributed by atoms with Gasteiger partial charge in [0.2, 0.25) is 17.7 Å². The maximum absolute atomic E-state index is 12.8. The Morgan fingerprint density at radius 3 is 2.62 bits per heavy atom. The van der Waals surface area contributed by atoms with Crippen molar-refractivity contribution in [3.05, 3.63) is 24.3 Å². The van der Waals surface area contributed by atoms with Crippen LogP contribution < -0.4 is 15.4 Å². The number of amides is 3. The molecule has 0 radical (unpaired) electrons. The Hall–Kier alpha value is -2.52. The molecule has 0 aromatic heterocycles. The first kappa shape index (κ1) is 18.3. The third-order valence-corrected chi connectivity index (χ3v) is 4.67. The SMILES string of the molecule is CCOc1ccc(NC(=O)[C@H]2CC(=O)N3C(=S)NC(=O)C(C)(C)N23)cc1. The molecule has 2 heterocycles. The van der Waals surface area contributed by atoms with Crippen molar-refractivity contribution in [3.8, 4) is 5.75 Å². The van der Waals surface area contributed by atoms with Gasteiger partial charge in [-0.2, -0.15) is 5.01 Å². The number of nitrogens with zero attached hydrogens (tertiary/aromatic N) is 2. The number of ether oxygens (including phenoxy) is 1. The Labute approximate surface area is 156 Å². The van der Waals surface area contributed by atoms with Crippen LogP contribution in [0.2, 0.25) is 0 Å². The molecular weight excluding hydrogens is 356 g/mol. The van der Waals surface area contributed by atoms with Crippen molar-refractivity contribution in [2.24, 2.45) is 0 Å². The van der Waals surface area contributed by atoms with E-state index in [0.717, 1.165) is 0 Å². The minimum absolute atomic E-state index is 0.00399. The predicted octanol–water partition coefficient (Wildman–Crippen LogP) is 1.03. The van der Waals surface area contributed by atoms with Gasteiger partial charge in [0, 0.05) is 5.69 Å². The normalized spacial score (nSPS) is 22.0. The first-order chi connectivity index (χ1) is 12.3. The second kappa shape index (κ2) is 6.65. The lowest BCUT2D eigenvalue weighted by Gasteiger charge is -2.45. The minimum atomic E-state index is -1.09. The zero-order chi connectivity index (χ0) is 19.1. The molecule has 2 aliphatic heterocycles. The van der Waals surface area contributed by atoms with Gasteiger partial charge in [0.05, 0.1) is 13.0 Å². The van der Waals surface area contributed by atoms with Crippen LogP contribution in [0.4, 0.5) is 5.69 Å². The highest BCUT2D eigenvalue weighted by Gasteiger charge is 2.56. The molecule has 9 heteroatoms. The quantitative estimate of drug-likeness (QED) is 0.763. The van der Waals surface area contributed by atoms with Gasteiger partial charge in [-0.1, -0.05) is 0 Å². The first-order valence-corrected chi connectivity index (χ1v) is 8.68. The zero-order valence-corrected chi connectivity index (χ0v) is 15.6. The molecule has 0 bridgehead atoms. The summed E-state index contributed by atoms with van der Waals surface area (Å²) in [6.07, 6.45) is -0.0542. The predicted molar refractivity (Wildman–Crippen MR) is 98.2 cm³/mol. The molecule has 3 amide bonds. The first-order valence-electron chi connectivity index (χ1n) is 8.27. The van der Waals surface area contributed by atoms with Gasteiger partial charge in [0.15, 0.2) is 5.11 Å². The number of rotatable bonds is 4. The second-order valence-corrected chi connectivity index (χ2v) is 6.92. The summed E-state index contributed by atoms with van der Waals surface area (Å²) in [6, 6.07) is 6.11. The summed E-state index contributed by atoms with van der Waals surface area (Å²) in [4.78, 5) is 37.4. The molecule has 2 fully saturated rings. The van der Waals surface area contributed by atoms with E-state index >= 15 is 0 Å². The third-order valence-electron chi connectivity index (χ3n) is 4.39. The lowest BCUT2D eigenvalue weighted by Crippen LogP contribution is -2.71. The van der Waals surface area contributed by atoms with E-state index in [1.165, 1.54) is 10.0 Å². The van der Waals surface area contributed by atoms with E-state index in [-0.39, 0.29) is 29.3 Å². The summed E-state index contributed by atoms with van der Waals surface area (Å²) >= 11 is 5.09. The lowest BCUT2D eigenvalue weighted by atomic mass is 10.00. The van der Waals surface area contributed by atoms with Gasteiger partial charge >= 0.3 is 0 Å². The number of hydrogen-bond donors (Lipinski definition) is 2. The molecule has 0 spiro atoms. The molecule has 1 aromatic rings. The average molecular weight is 376 g/mol. The van der Waals surface area contributed by atoms with Gasteiger partial charge in [-0.3, -0.25) is 19.7 Å². The van der Waals surface area contributed by atoms with Gasteiger partial charge in [-0.05, 0) is 57.3 Å². The summed E-state index contributed by atoms with van der Waals surface area (Å²) in [6.45, 7) is 5.73. The van der Waals surface area contributed by atoms with E-state index in [9.17, 15) is 14.4 Å². The smallest absolute Gasteiger partial charge is 0.248 e. The summed E-state index contributed by atoms with van der Waals surface area (Å²) < 4.78 is 5.37. The van der Waals surface area contributed by atoms with Crippen LogP contribution in [0, 0.1) is 0 Å². The molecule has 0 unspecified atom stereocenters. The molecular formula is C17H20N4O4S. The Balaban J connectivity index is 1.81. The fourth-order valence-electron chi connectivity index (χ4n) is 3.09. The van der Waals surface area contributed by atoms with Crippen LogP contribution in [0.5, 0.6) is 5.75 Å². The Kier molecular flexibility index (Phi) is 4.68. The molecule has 26 heavy (non-hydrogen) atoms. The van der Waals surface area contributed by atoms with Gasteiger partial charge in [-0.25, -0.2) is 5.01 Å². The fourth-order valence-corrected chi connectivity index (χ4v) is 3.37. The van der Waals surface area contributed by atoms with Crippen LogP contribution in [0.1, 0.15) is 27.2 Å². The van der Waals surface area contributed by atoms with Crippen molar-refractivity contribution in [1.29, 1.82) is 0 Å². The Morgan fingerprint density at radius 1 is 1.35 bits per heavy atom. The van der Waals surface area contributed by atoms with Gasteiger partial charge < -0.3 is 10.1 Å². The molecule has 3 rings (SSSR count). The molecule has 138 valence electrons. The molecule has 2 N–H and O–H groups in total. The second-order valence-electron chi connectivity index (χ2n) is 6.53. The van der Waals surface area contributed by atoms with Crippen molar-refractivity contribution in [3.63, 3.8) is 0 Å². The van der Waals surface area contributed by atoms with Crippen molar-refractivity contribution in [1.82, 2.24) is 15.3 Å². The van der Waals surface area contributed by atoms with Gasteiger partial charge in [0.1, 0.15) is 17.3 Å². The largest absolute Gasteiger partial charge is 0.494 e.